The maximum Gasteiger partial charge on any atom is 0.252 e. The fourth-order valence-electron chi connectivity index (χ4n) is 2.05. The largest absolute Gasteiger partial charge is 0.352 e. The van der Waals surface area contributed by atoms with E-state index in [1.807, 2.05) is 5.38 Å². The zero-order valence-corrected chi connectivity index (χ0v) is 13.0. The summed E-state index contributed by atoms with van der Waals surface area (Å²) in [5, 5.41) is 5.64. The van der Waals surface area contributed by atoms with Crippen molar-refractivity contribution in [1.82, 2.24) is 15.3 Å². The van der Waals surface area contributed by atoms with E-state index < -0.39 is 0 Å². The van der Waals surface area contributed by atoms with Crippen molar-refractivity contribution < 1.29 is 9.18 Å². The molecule has 0 atom stereocenters. The van der Waals surface area contributed by atoms with Crippen LogP contribution in [-0.2, 0) is 6.42 Å². The van der Waals surface area contributed by atoms with Crippen LogP contribution < -0.4 is 5.32 Å². The third kappa shape index (κ3) is 3.98. The van der Waals surface area contributed by atoms with Gasteiger partial charge >= 0.3 is 0 Å². The van der Waals surface area contributed by atoms with Gasteiger partial charge in [0, 0.05) is 36.3 Å². The van der Waals surface area contributed by atoms with Gasteiger partial charge in [-0.1, -0.05) is 0 Å². The molecule has 0 aliphatic heterocycles. The number of hydrogen-bond donors (Lipinski definition) is 1. The molecule has 0 spiro atoms. The second-order valence-electron chi connectivity index (χ2n) is 4.90. The standard InChI is InChI=1S/C17H14FN3OS/c18-14-5-3-12(4-6-14)17-21-15(11-23-17)7-9-20-16(22)13-2-1-8-19-10-13/h1-6,8,10-11H,7,9H2,(H,20,22). The lowest BCUT2D eigenvalue weighted by molar-refractivity contribution is 0.0953. The highest BCUT2D eigenvalue weighted by molar-refractivity contribution is 7.13. The highest BCUT2D eigenvalue weighted by Gasteiger charge is 2.07. The third-order valence-electron chi connectivity index (χ3n) is 3.23. The molecule has 3 aromatic rings. The van der Waals surface area contributed by atoms with E-state index in [4.69, 9.17) is 0 Å². The minimum absolute atomic E-state index is 0.146. The smallest absolute Gasteiger partial charge is 0.252 e. The summed E-state index contributed by atoms with van der Waals surface area (Å²) < 4.78 is 12.9. The minimum atomic E-state index is -0.261. The maximum atomic E-state index is 12.9. The van der Waals surface area contributed by atoms with Crippen molar-refractivity contribution in [3.05, 3.63) is 71.2 Å². The van der Waals surface area contributed by atoms with Crippen LogP contribution in [0.25, 0.3) is 10.6 Å². The lowest BCUT2D eigenvalue weighted by Gasteiger charge is -2.03. The fourth-order valence-corrected chi connectivity index (χ4v) is 2.91. The molecule has 0 saturated heterocycles. The number of carbonyl (C=O) groups is 1. The number of nitrogens with zero attached hydrogens (tertiary/aromatic N) is 2. The monoisotopic (exact) mass is 327 g/mol. The van der Waals surface area contributed by atoms with Crippen LogP contribution in [0, 0.1) is 5.82 Å². The van der Waals surface area contributed by atoms with Crippen LogP contribution in [0.1, 0.15) is 16.1 Å². The van der Waals surface area contributed by atoms with Gasteiger partial charge in [0.1, 0.15) is 10.8 Å². The van der Waals surface area contributed by atoms with Crippen LogP contribution in [0.3, 0.4) is 0 Å². The Morgan fingerprint density at radius 2 is 2.04 bits per heavy atom. The van der Waals surface area contributed by atoms with Gasteiger partial charge in [-0.15, -0.1) is 11.3 Å². The van der Waals surface area contributed by atoms with Gasteiger partial charge in [0.2, 0.25) is 0 Å². The van der Waals surface area contributed by atoms with Crippen molar-refractivity contribution in [2.75, 3.05) is 6.54 Å². The number of nitrogens with one attached hydrogen (secondary N) is 1. The maximum absolute atomic E-state index is 12.9. The van der Waals surface area contributed by atoms with Gasteiger partial charge < -0.3 is 5.32 Å². The second kappa shape index (κ2) is 7.11. The van der Waals surface area contributed by atoms with E-state index in [-0.39, 0.29) is 11.7 Å². The Morgan fingerprint density at radius 1 is 1.22 bits per heavy atom. The Kier molecular flexibility index (Phi) is 4.73. The number of pyridine rings is 1. The Labute approximate surface area is 137 Å². The zero-order chi connectivity index (χ0) is 16.1. The summed E-state index contributed by atoms with van der Waals surface area (Å²) in [6.45, 7) is 0.500. The predicted octanol–water partition coefficient (Wildman–Crippen LogP) is 3.32. The number of rotatable bonds is 5. The first-order chi connectivity index (χ1) is 11.2. The van der Waals surface area contributed by atoms with Crippen molar-refractivity contribution >= 4 is 17.2 Å². The van der Waals surface area contributed by atoms with Crippen molar-refractivity contribution in [2.24, 2.45) is 0 Å². The predicted molar refractivity (Wildman–Crippen MR) is 87.8 cm³/mol. The molecular weight excluding hydrogens is 313 g/mol. The number of hydrogen-bond acceptors (Lipinski definition) is 4. The minimum Gasteiger partial charge on any atom is -0.352 e. The number of thiazole rings is 1. The molecule has 3 rings (SSSR count). The van der Waals surface area contributed by atoms with Gasteiger partial charge in [-0.3, -0.25) is 9.78 Å². The van der Waals surface area contributed by atoms with Gasteiger partial charge in [0.25, 0.3) is 5.91 Å². The summed E-state index contributed by atoms with van der Waals surface area (Å²) in [6.07, 6.45) is 3.80. The molecule has 2 heterocycles. The van der Waals surface area contributed by atoms with Crippen LogP contribution in [-0.4, -0.2) is 22.4 Å². The van der Waals surface area contributed by atoms with Crippen LogP contribution in [0.5, 0.6) is 0 Å². The molecule has 0 aliphatic carbocycles. The Hall–Kier alpha value is -2.60. The first kappa shape index (κ1) is 15.3. The molecule has 0 radical (unpaired) electrons. The van der Waals surface area contributed by atoms with Gasteiger partial charge in [-0.2, -0.15) is 0 Å². The molecule has 0 aliphatic rings. The normalized spacial score (nSPS) is 10.5. The van der Waals surface area contributed by atoms with Gasteiger partial charge in [0.15, 0.2) is 0 Å². The molecule has 2 aromatic heterocycles. The molecule has 0 unspecified atom stereocenters. The molecule has 6 heteroatoms. The molecule has 116 valence electrons. The summed E-state index contributed by atoms with van der Waals surface area (Å²) in [6, 6.07) is 9.71. The molecule has 23 heavy (non-hydrogen) atoms. The fraction of sp³-hybridized carbons (Fsp3) is 0.118. The Balaban J connectivity index is 1.55. The van der Waals surface area contributed by atoms with Crippen LogP contribution >= 0.6 is 11.3 Å². The van der Waals surface area contributed by atoms with E-state index in [1.54, 1.807) is 30.5 Å². The number of halogens is 1. The van der Waals surface area contributed by atoms with E-state index in [0.717, 1.165) is 16.3 Å². The van der Waals surface area contributed by atoms with Crippen LogP contribution in [0.15, 0.2) is 54.2 Å². The van der Waals surface area contributed by atoms with Gasteiger partial charge in [0.05, 0.1) is 11.3 Å². The summed E-state index contributed by atoms with van der Waals surface area (Å²) in [5.41, 5.74) is 2.33. The van der Waals surface area contributed by atoms with Gasteiger partial charge in [-0.25, -0.2) is 9.37 Å². The number of benzene rings is 1. The number of carbonyl (C=O) groups excluding carboxylic acids is 1. The average molecular weight is 327 g/mol. The summed E-state index contributed by atoms with van der Waals surface area (Å²) >= 11 is 1.51. The molecular formula is C17H14FN3OS. The SMILES string of the molecule is O=C(NCCc1csc(-c2ccc(F)cc2)n1)c1cccnc1. The van der Waals surface area contributed by atoms with Crippen molar-refractivity contribution in [2.45, 2.75) is 6.42 Å². The van der Waals surface area contributed by atoms with Crippen molar-refractivity contribution in [3.63, 3.8) is 0 Å². The van der Waals surface area contributed by atoms with E-state index >= 15 is 0 Å². The van der Waals surface area contributed by atoms with E-state index in [2.05, 4.69) is 15.3 Å². The molecule has 1 N–H and O–H groups in total. The molecule has 1 aromatic carbocycles. The van der Waals surface area contributed by atoms with Crippen molar-refractivity contribution in [1.29, 1.82) is 0 Å². The Bertz CT molecular complexity index is 787. The topological polar surface area (TPSA) is 54.9 Å². The van der Waals surface area contributed by atoms with E-state index in [0.29, 0.717) is 18.5 Å². The summed E-state index contributed by atoms with van der Waals surface area (Å²) in [4.78, 5) is 20.3. The lowest BCUT2D eigenvalue weighted by atomic mass is 10.2. The molecule has 0 saturated carbocycles. The highest BCUT2D eigenvalue weighted by Crippen LogP contribution is 2.23. The van der Waals surface area contributed by atoms with Gasteiger partial charge in [-0.05, 0) is 36.4 Å². The molecule has 1 amide bonds. The third-order valence-corrected chi connectivity index (χ3v) is 4.17. The molecule has 0 fully saturated rings. The number of aromatic nitrogens is 2. The summed E-state index contributed by atoms with van der Waals surface area (Å²) in [7, 11) is 0. The van der Waals surface area contributed by atoms with Crippen molar-refractivity contribution in [3.8, 4) is 10.6 Å². The first-order valence-corrected chi connectivity index (χ1v) is 7.99. The number of amides is 1. The quantitative estimate of drug-likeness (QED) is 0.782. The van der Waals surface area contributed by atoms with E-state index in [9.17, 15) is 9.18 Å². The first-order valence-electron chi connectivity index (χ1n) is 7.11. The molecule has 4 nitrogen and oxygen atoms in total. The average Bonchev–Trinajstić information content (AvgIpc) is 3.05. The zero-order valence-electron chi connectivity index (χ0n) is 12.2. The summed E-state index contributed by atoms with van der Waals surface area (Å²) in [5.74, 6) is -0.407. The van der Waals surface area contributed by atoms with Crippen LogP contribution in [0.2, 0.25) is 0 Å². The lowest BCUT2D eigenvalue weighted by Crippen LogP contribution is -2.25. The second-order valence-corrected chi connectivity index (χ2v) is 5.76. The molecule has 0 bridgehead atoms. The Morgan fingerprint density at radius 3 is 2.78 bits per heavy atom. The highest BCUT2D eigenvalue weighted by atomic mass is 32.1. The van der Waals surface area contributed by atoms with E-state index in [1.165, 1.54) is 29.7 Å². The van der Waals surface area contributed by atoms with Crippen LogP contribution in [0.4, 0.5) is 4.39 Å².